The molecule has 0 unspecified atom stereocenters. The van der Waals surface area contributed by atoms with Gasteiger partial charge in [0, 0.05) is 28.2 Å². The molecule has 0 radical (unpaired) electrons. The van der Waals surface area contributed by atoms with Gasteiger partial charge >= 0.3 is 0 Å². The average molecular weight is 305 g/mol. The molecule has 0 fully saturated rings. The lowest BCUT2D eigenvalue weighted by Crippen LogP contribution is -2.26. The van der Waals surface area contributed by atoms with Gasteiger partial charge in [0.1, 0.15) is 0 Å². The number of carbonyl (C=O) groups excluding carboxylic acids is 1. The second-order valence-corrected chi connectivity index (χ2v) is 7.18. The molecule has 0 aliphatic heterocycles. The minimum Gasteiger partial charge on any atom is -0.337 e. The SMILES string of the molecule is CSc1ccc(CN(C)C(=O)c2cc(C)sc2C)cc1. The summed E-state index contributed by atoms with van der Waals surface area (Å²) in [7, 11) is 1.86. The van der Waals surface area contributed by atoms with Gasteiger partial charge in [-0.1, -0.05) is 12.1 Å². The maximum atomic E-state index is 12.4. The number of hydrogen-bond acceptors (Lipinski definition) is 3. The Bertz CT molecular complexity index is 601. The Morgan fingerprint density at radius 3 is 2.40 bits per heavy atom. The summed E-state index contributed by atoms with van der Waals surface area (Å²) in [5, 5.41) is 0. The van der Waals surface area contributed by atoms with Crippen LogP contribution >= 0.6 is 23.1 Å². The molecule has 2 nitrogen and oxygen atoms in total. The summed E-state index contributed by atoms with van der Waals surface area (Å²) in [4.78, 5) is 17.7. The molecule has 1 aromatic carbocycles. The third kappa shape index (κ3) is 3.44. The Morgan fingerprint density at radius 2 is 1.90 bits per heavy atom. The standard InChI is InChI=1S/C16H19NOS2/c1-11-9-15(12(2)20-11)16(18)17(3)10-13-5-7-14(19-4)8-6-13/h5-9H,10H2,1-4H3. The van der Waals surface area contributed by atoms with Crippen molar-refractivity contribution in [2.24, 2.45) is 0 Å². The molecule has 2 aromatic rings. The average Bonchev–Trinajstić information content (AvgIpc) is 2.77. The number of benzene rings is 1. The van der Waals surface area contributed by atoms with Crippen LogP contribution in [0, 0.1) is 13.8 Å². The summed E-state index contributed by atoms with van der Waals surface area (Å²) in [5.74, 6) is 0.0980. The molecule has 0 saturated carbocycles. The first-order valence-corrected chi connectivity index (χ1v) is 8.51. The summed E-state index contributed by atoms with van der Waals surface area (Å²) in [6, 6.07) is 10.3. The van der Waals surface area contributed by atoms with E-state index in [1.807, 2.05) is 27.0 Å². The molecule has 1 heterocycles. The Kier molecular flexibility index (Phi) is 4.89. The van der Waals surface area contributed by atoms with E-state index in [9.17, 15) is 4.79 Å². The van der Waals surface area contributed by atoms with Crippen LogP contribution in [0.25, 0.3) is 0 Å². The molecule has 0 saturated heterocycles. The van der Waals surface area contributed by atoms with Gasteiger partial charge in [0.15, 0.2) is 0 Å². The van der Waals surface area contributed by atoms with Crippen LogP contribution < -0.4 is 0 Å². The number of thioether (sulfide) groups is 1. The number of amides is 1. The zero-order valence-corrected chi connectivity index (χ0v) is 13.9. The molecule has 0 aliphatic rings. The van der Waals surface area contributed by atoms with Crippen molar-refractivity contribution in [1.82, 2.24) is 4.90 Å². The molecular weight excluding hydrogens is 286 g/mol. The fourth-order valence-corrected chi connectivity index (χ4v) is 3.45. The molecular formula is C16H19NOS2. The molecule has 1 amide bonds. The zero-order chi connectivity index (χ0) is 14.7. The number of hydrogen-bond donors (Lipinski definition) is 0. The molecule has 20 heavy (non-hydrogen) atoms. The Labute approximate surface area is 128 Å². The minimum atomic E-state index is 0.0980. The van der Waals surface area contributed by atoms with Crippen LogP contribution in [0.4, 0.5) is 0 Å². The molecule has 0 spiro atoms. The molecule has 0 N–H and O–H groups in total. The van der Waals surface area contributed by atoms with Crippen molar-refractivity contribution in [3.05, 3.63) is 51.2 Å². The van der Waals surface area contributed by atoms with E-state index in [1.54, 1.807) is 28.0 Å². The van der Waals surface area contributed by atoms with Crippen molar-refractivity contribution in [3.8, 4) is 0 Å². The van der Waals surface area contributed by atoms with Crippen molar-refractivity contribution in [3.63, 3.8) is 0 Å². The number of aryl methyl sites for hydroxylation is 2. The van der Waals surface area contributed by atoms with Gasteiger partial charge in [0.2, 0.25) is 0 Å². The van der Waals surface area contributed by atoms with E-state index in [0.29, 0.717) is 6.54 Å². The highest BCUT2D eigenvalue weighted by atomic mass is 32.2. The third-order valence-electron chi connectivity index (χ3n) is 3.20. The maximum Gasteiger partial charge on any atom is 0.255 e. The van der Waals surface area contributed by atoms with E-state index in [-0.39, 0.29) is 5.91 Å². The topological polar surface area (TPSA) is 20.3 Å². The van der Waals surface area contributed by atoms with Gasteiger partial charge < -0.3 is 4.90 Å². The first kappa shape index (κ1) is 15.1. The molecule has 2 rings (SSSR count). The van der Waals surface area contributed by atoms with Gasteiger partial charge in [-0.05, 0) is 43.9 Å². The van der Waals surface area contributed by atoms with E-state index in [1.165, 1.54) is 9.77 Å². The Morgan fingerprint density at radius 1 is 1.25 bits per heavy atom. The summed E-state index contributed by atoms with van der Waals surface area (Å²) >= 11 is 3.40. The van der Waals surface area contributed by atoms with Crippen LogP contribution in [-0.2, 0) is 6.54 Å². The number of thiophene rings is 1. The van der Waals surface area contributed by atoms with Gasteiger partial charge in [0.05, 0.1) is 5.56 Å². The highest BCUT2D eigenvalue weighted by Gasteiger charge is 2.16. The van der Waals surface area contributed by atoms with Crippen LogP contribution in [0.3, 0.4) is 0 Å². The van der Waals surface area contributed by atoms with Crippen LogP contribution in [0.5, 0.6) is 0 Å². The van der Waals surface area contributed by atoms with Crippen LogP contribution in [0.15, 0.2) is 35.2 Å². The smallest absolute Gasteiger partial charge is 0.255 e. The fourth-order valence-electron chi connectivity index (χ4n) is 2.13. The quantitative estimate of drug-likeness (QED) is 0.782. The summed E-state index contributed by atoms with van der Waals surface area (Å²) in [5.41, 5.74) is 1.99. The van der Waals surface area contributed by atoms with Gasteiger partial charge in [0.25, 0.3) is 5.91 Å². The van der Waals surface area contributed by atoms with Crippen LogP contribution in [0.1, 0.15) is 25.7 Å². The summed E-state index contributed by atoms with van der Waals surface area (Å²) < 4.78 is 0. The van der Waals surface area contributed by atoms with Crippen molar-refractivity contribution in [2.45, 2.75) is 25.3 Å². The largest absolute Gasteiger partial charge is 0.337 e. The van der Waals surface area contributed by atoms with Crippen LogP contribution in [0.2, 0.25) is 0 Å². The Hall–Kier alpha value is -1.26. The summed E-state index contributed by atoms with van der Waals surface area (Å²) in [6.07, 6.45) is 2.06. The molecule has 106 valence electrons. The van der Waals surface area contributed by atoms with E-state index in [0.717, 1.165) is 16.0 Å². The fraction of sp³-hybridized carbons (Fsp3) is 0.312. The number of nitrogens with zero attached hydrogens (tertiary/aromatic N) is 1. The van der Waals surface area contributed by atoms with Gasteiger partial charge in [-0.15, -0.1) is 23.1 Å². The first-order chi connectivity index (χ1) is 9.51. The normalized spacial score (nSPS) is 10.6. The van der Waals surface area contributed by atoms with Crippen molar-refractivity contribution in [1.29, 1.82) is 0 Å². The Balaban J connectivity index is 2.09. The van der Waals surface area contributed by atoms with E-state index >= 15 is 0 Å². The molecule has 0 atom stereocenters. The second-order valence-electron chi connectivity index (χ2n) is 4.84. The molecule has 0 aliphatic carbocycles. The van der Waals surface area contributed by atoms with Crippen molar-refractivity contribution in [2.75, 3.05) is 13.3 Å². The maximum absolute atomic E-state index is 12.4. The van der Waals surface area contributed by atoms with E-state index in [2.05, 4.69) is 30.5 Å². The second kappa shape index (κ2) is 6.46. The predicted octanol–water partition coefficient (Wildman–Crippen LogP) is 4.36. The lowest BCUT2D eigenvalue weighted by molar-refractivity contribution is 0.0785. The van der Waals surface area contributed by atoms with Crippen molar-refractivity contribution >= 4 is 29.0 Å². The highest BCUT2D eigenvalue weighted by Crippen LogP contribution is 2.22. The van der Waals surface area contributed by atoms with E-state index < -0.39 is 0 Å². The van der Waals surface area contributed by atoms with Gasteiger partial charge in [-0.25, -0.2) is 0 Å². The lowest BCUT2D eigenvalue weighted by Gasteiger charge is -2.17. The number of carbonyl (C=O) groups is 1. The van der Waals surface area contributed by atoms with E-state index in [4.69, 9.17) is 0 Å². The summed E-state index contributed by atoms with van der Waals surface area (Å²) in [6.45, 7) is 4.68. The predicted molar refractivity (Wildman–Crippen MR) is 87.8 cm³/mol. The zero-order valence-electron chi connectivity index (χ0n) is 12.3. The van der Waals surface area contributed by atoms with Gasteiger partial charge in [-0.2, -0.15) is 0 Å². The van der Waals surface area contributed by atoms with Crippen molar-refractivity contribution < 1.29 is 4.79 Å². The third-order valence-corrected chi connectivity index (χ3v) is 4.91. The molecule has 1 aromatic heterocycles. The number of rotatable bonds is 4. The first-order valence-electron chi connectivity index (χ1n) is 6.46. The lowest BCUT2D eigenvalue weighted by atomic mass is 10.2. The molecule has 0 bridgehead atoms. The minimum absolute atomic E-state index is 0.0980. The van der Waals surface area contributed by atoms with Crippen LogP contribution in [-0.4, -0.2) is 24.1 Å². The highest BCUT2D eigenvalue weighted by molar-refractivity contribution is 7.98. The monoisotopic (exact) mass is 305 g/mol. The van der Waals surface area contributed by atoms with Gasteiger partial charge in [-0.3, -0.25) is 4.79 Å². The molecule has 4 heteroatoms.